The van der Waals surface area contributed by atoms with Gasteiger partial charge in [-0.15, -0.1) is 0 Å². The van der Waals surface area contributed by atoms with Gasteiger partial charge in [0.2, 0.25) is 0 Å². The molecule has 22 heavy (non-hydrogen) atoms. The van der Waals surface area contributed by atoms with Crippen molar-refractivity contribution in [1.82, 2.24) is 0 Å². The van der Waals surface area contributed by atoms with Crippen LogP contribution in [0.2, 0.25) is 0 Å². The molecule has 0 saturated carbocycles. The first-order chi connectivity index (χ1) is 10.6. The Kier molecular flexibility index (Phi) is 5.65. The SMILES string of the molecule is COc1cc(C=Cc2ccccc2)cc(O)c1CCC(C)C. The molecule has 2 heteroatoms. The number of rotatable bonds is 6. The number of phenolic OH excluding ortho intramolecular Hbond substituents is 1. The number of ether oxygens (including phenoxy) is 1. The maximum absolute atomic E-state index is 10.3. The van der Waals surface area contributed by atoms with Crippen molar-refractivity contribution < 1.29 is 9.84 Å². The molecule has 2 nitrogen and oxygen atoms in total. The van der Waals surface area contributed by atoms with Crippen molar-refractivity contribution in [2.45, 2.75) is 26.7 Å². The van der Waals surface area contributed by atoms with Crippen LogP contribution in [0.25, 0.3) is 12.2 Å². The van der Waals surface area contributed by atoms with Crippen molar-refractivity contribution >= 4 is 12.2 Å². The lowest BCUT2D eigenvalue weighted by molar-refractivity contribution is 0.396. The van der Waals surface area contributed by atoms with Crippen LogP contribution in [0.5, 0.6) is 11.5 Å². The predicted octanol–water partition coefficient (Wildman–Crippen LogP) is 5.16. The molecule has 116 valence electrons. The van der Waals surface area contributed by atoms with Crippen molar-refractivity contribution in [3.05, 3.63) is 59.2 Å². The summed E-state index contributed by atoms with van der Waals surface area (Å²) < 4.78 is 5.46. The van der Waals surface area contributed by atoms with E-state index in [4.69, 9.17) is 4.74 Å². The average Bonchev–Trinajstić information content (AvgIpc) is 2.52. The molecule has 0 aliphatic carbocycles. The summed E-state index contributed by atoms with van der Waals surface area (Å²) >= 11 is 0. The smallest absolute Gasteiger partial charge is 0.126 e. The molecule has 0 aromatic heterocycles. The van der Waals surface area contributed by atoms with Gasteiger partial charge in [0.25, 0.3) is 0 Å². The Labute approximate surface area is 133 Å². The molecule has 0 heterocycles. The van der Waals surface area contributed by atoms with Crippen LogP contribution in [0.4, 0.5) is 0 Å². The second kappa shape index (κ2) is 7.69. The maximum Gasteiger partial charge on any atom is 0.126 e. The minimum absolute atomic E-state index is 0.313. The fourth-order valence-corrected chi connectivity index (χ4v) is 2.37. The highest BCUT2D eigenvalue weighted by molar-refractivity contribution is 5.71. The lowest BCUT2D eigenvalue weighted by atomic mass is 9.99. The Hall–Kier alpha value is -2.22. The van der Waals surface area contributed by atoms with Crippen molar-refractivity contribution in [3.63, 3.8) is 0 Å². The highest BCUT2D eigenvalue weighted by atomic mass is 16.5. The minimum atomic E-state index is 0.313. The molecule has 1 N–H and O–H groups in total. The molecule has 0 unspecified atom stereocenters. The van der Waals surface area contributed by atoms with Crippen LogP contribution in [-0.2, 0) is 6.42 Å². The summed E-state index contributed by atoms with van der Waals surface area (Å²) in [5, 5.41) is 10.3. The fraction of sp³-hybridized carbons (Fsp3) is 0.300. The molecule has 0 amide bonds. The van der Waals surface area contributed by atoms with Crippen molar-refractivity contribution in [3.8, 4) is 11.5 Å². The molecule has 2 aromatic rings. The van der Waals surface area contributed by atoms with Gasteiger partial charge in [0, 0.05) is 5.56 Å². The van der Waals surface area contributed by atoms with Gasteiger partial charge >= 0.3 is 0 Å². The molecule has 0 saturated heterocycles. The Balaban J connectivity index is 2.23. The van der Waals surface area contributed by atoms with E-state index in [0.717, 1.165) is 35.3 Å². The Bertz CT molecular complexity index is 628. The van der Waals surface area contributed by atoms with Crippen molar-refractivity contribution in [2.75, 3.05) is 7.11 Å². The van der Waals surface area contributed by atoms with E-state index in [9.17, 15) is 5.11 Å². The summed E-state index contributed by atoms with van der Waals surface area (Å²) in [6, 6.07) is 13.9. The van der Waals surface area contributed by atoms with E-state index in [2.05, 4.69) is 13.8 Å². The zero-order valence-corrected chi connectivity index (χ0v) is 13.5. The number of hydrogen-bond acceptors (Lipinski definition) is 2. The lowest BCUT2D eigenvalue weighted by Gasteiger charge is -2.13. The van der Waals surface area contributed by atoms with E-state index in [0.29, 0.717) is 11.7 Å². The summed E-state index contributed by atoms with van der Waals surface area (Å²) in [4.78, 5) is 0. The summed E-state index contributed by atoms with van der Waals surface area (Å²) in [5.74, 6) is 1.67. The average molecular weight is 296 g/mol. The van der Waals surface area contributed by atoms with Crippen LogP contribution in [0.1, 0.15) is 37.0 Å². The fourth-order valence-electron chi connectivity index (χ4n) is 2.37. The topological polar surface area (TPSA) is 29.5 Å². The molecular formula is C20H24O2. The standard InChI is InChI=1S/C20H24O2/c1-15(2)9-12-18-19(21)13-17(14-20(18)22-3)11-10-16-7-5-4-6-8-16/h4-8,10-11,13-15,21H,9,12H2,1-3H3. The summed E-state index contributed by atoms with van der Waals surface area (Å²) in [6.45, 7) is 4.36. The van der Waals surface area contributed by atoms with Crippen molar-refractivity contribution in [2.24, 2.45) is 5.92 Å². The summed E-state index contributed by atoms with van der Waals surface area (Å²) in [5.41, 5.74) is 2.96. The highest BCUT2D eigenvalue weighted by Crippen LogP contribution is 2.32. The zero-order valence-electron chi connectivity index (χ0n) is 13.5. The molecule has 2 rings (SSSR count). The Morgan fingerprint density at radius 3 is 2.36 bits per heavy atom. The molecular weight excluding hydrogens is 272 g/mol. The normalized spacial score (nSPS) is 11.3. The Morgan fingerprint density at radius 2 is 1.73 bits per heavy atom. The second-order valence-corrected chi connectivity index (χ2v) is 5.90. The van der Waals surface area contributed by atoms with Gasteiger partial charge in [0.15, 0.2) is 0 Å². The van der Waals surface area contributed by atoms with Gasteiger partial charge < -0.3 is 9.84 Å². The number of aromatic hydroxyl groups is 1. The quantitative estimate of drug-likeness (QED) is 0.746. The third-order valence-electron chi connectivity index (χ3n) is 3.67. The number of benzene rings is 2. The van der Waals surface area contributed by atoms with E-state index in [1.54, 1.807) is 13.2 Å². The largest absolute Gasteiger partial charge is 0.508 e. The van der Waals surface area contributed by atoms with E-state index in [1.165, 1.54) is 0 Å². The van der Waals surface area contributed by atoms with E-state index < -0.39 is 0 Å². The van der Waals surface area contributed by atoms with E-state index >= 15 is 0 Å². The predicted molar refractivity (Wildman–Crippen MR) is 93.2 cm³/mol. The van der Waals surface area contributed by atoms with Crippen LogP contribution in [0.3, 0.4) is 0 Å². The summed E-state index contributed by atoms with van der Waals surface area (Å²) in [6.07, 6.45) is 5.88. The molecule has 0 radical (unpaired) electrons. The first-order valence-electron chi connectivity index (χ1n) is 7.73. The van der Waals surface area contributed by atoms with Gasteiger partial charge in [-0.25, -0.2) is 0 Å². The monoisotopic (exact) mass is 296 g/mol. The molecule has 0 spiro atoms. The molecule has 0 aliphatic heterocycles. The van der Waals surface area contributed by atoms with Crippen LogP contribution >= 0.6 is 0 Å². The van der Waals surface area contributed by atoms with Crippen LogP contribution in [0, 0.1) is 5.92 Å². The number of methoxy groups -OCH3 is 1. The summed E-state index contributed by atoms with van der Waals surface area (Å²) in [7, 11) is 1.65. The van der Waals surface area contributed by atoms with Gasteiger partial charge in [-0.1, -0.05) is 56.3 Å². The van der Waals surface area contributed by atoms with Gasteiger partial charge in [0.1, 0.15) is 11.5 Å². The van der Waals surface area contributed by atoms with Gasteiger partial charge in [-0.2, -0.15) is 0 Å². The van der Waals surface area contributed by atoms with Crippen LogP contribution in [-0.4, -0.2) is 12.2 Å². The molecule has 0 atom stereocenters. The highest BCUT2D eigenvalue weighted by Gasteiger charge is 2.11. The second-order valence-electron chi connectivity index (χ2n) is 5.90. The minimum Gasteiger partial charge on any atom is -0.508 e. The Morgan fingerprint density at radius 1 is 1.05 bits per heavy atom. The zero-order chi connectivity index (χ0) is 15.9. The third kappa shape index (κ3) is 4.39. The molecule has 2 aromatic carbocycles. The van der Waals surface area contributed by atoms with Crippen LogP contribution < -0.4 is 4.74 Å². The van der Waals surface area contributed by atoms with E-state index in [1.807, 2.05) is 48.6 Å². The molecule has 0 aliphatic rings. The lowest BCUT2D eigenvalue weighted by Crippen LogP contribution is -1.97. The number of phenols is 1. The number of hydrogen-bond donors (Lipinski definition) is 1. The van der Waals surface area contributed by atoms with Gasteiger partial charge in [-0.3, -0.25) is 0 Å². The van der Waals surface area contributed by atoms with Gasteiger partial charge in [0.05, 0.1) is 7.11 Å². The first-order valence-corrected chi connectivity index (χ1v) is 7.73. The molecule has 0 bridgehead atoms. The van der Waals surface area contributed by atoms with Crippen LogP contribution in [0.15, 0.2) is 42.5 Å². The van der Waals surface area contributed by atoms with E-state index in [-0.39, 0.29) is 0 Å². The van der Waals surface area contributed by atoms with Gasteiger partial charge in [-0.05, 0) is 42.0 Å². The van der Waals surface area contributed by atoms with Crippen molar-refractivity contribution in [1.29, 1.82) is 0 Å². The third-order valence-corrected chi connectivity index (χ3v) is 3.67. The molecule has 0 fully saturated rings. The first kappa shape index (κ1) is 16.2. The maximum atomic E-state index is 10.3.